The minimum Gasteiger partial charge on any atom is -0.376 e. The average molecular weight is 459 g/mol. The first-order chi connectivity index (χ1) is 15.8. The number of nitrogens with one attached hydrogen (secondary N) is 1. The molecular formula is C22H30N6O5. The van der Waals surface area contributed by atoms with Gasteiger partial charge in [-0.2, -0.15) is 0 Å². The van der Waals surface area contributed by atoms with Crippen LogP contribution in [0.2, 0.25) is 0 Å². The molecule has 11 heteroatoms. The lowest BCUT2D eigenvalue weighted by atomic mass is 10.1. The lowest BCUT2D eigenvalue weighted by Crippen LogP contribution is -2.49. The Morgan fingerprint density at radius 1 is 1.21 bits per heavy atom. The van der Waals surface area contributed by atoms with Crippen molar-refractivity contribution in [1.29, 1.82) is 0 Å². The smallest absolute Gasteiger partial charge is 0.332 e. The van der Waals surface area contributed by atoms with E-state index < -0.39 is 17.2 Å². The van der Waals surface area contributed by atoms with Gasteiger partial charge in [-0.1, -0.05) is 0 Å². The number of nitrogens with zero attached hydrogens (tertiary/aromatic N) is 5. The number of aromatic nitrogens is 3. The van der Waals surface area contributed by atoms with Crippen molar-refractivity contribution in [2.75, 3.05) is 44.2 Å². The van der Waals surface area contributed by atoms with Crippen molar-refractivity contribution in [1.82, 2.24) is 24.3 Å². The van der Waals surface area contributed by atoms with Crippen molar-refractivity contribution in [2.45, 2.75) is 39.3 Å². The first-order valence-corrected chi connectivity index (χ1v) is 11.3. The third kappa shape index (κ3) is 4.50. The van der Waals surface area contributed by atoms with Crippen LogP contribution in [0, 0.1) is 6.92 Å². The standard InChI is InChI=1S/C22H30N6O5/c1-14-11-24-20-18(19(14)27-8-6-26(7-9-27)15(2)29)21(31)28(22(32)25(20)3)13-17(30)23-12-16-5-4-10-33-16/h11,16H,4-10,12-13H2,1-3H3,(H,23,30)/t16-/m1/s1. The molecule has 4 heterocycles. The van der Waals surface area contributed by atoms with E-state index in [0.29, 0.717) is 50.4 Å². The van der Waals surface area contributed by atoms with Crippen LogP contribution in [-0.4, -0.2) is 76.3 Å². The van der Waals surface area contributed by atoms with E-state index in [2.05, 4.69) is 10.3 Å². The summed E-state index contributed by atoms with van der Waals surface area (Å²) in [7, 11) is 1.55. The second-order valence-corrected chi connectivity index (χ2v) is 8.65. The van der Waals surface area contributed by atoms with Gasteiger partial charge in [-0.3, -0.25) is 23.5 Å². The zero-order valence-electron chi connectivity index (χ0n) is 19.3. The van der Waals surface area contributed by atoms with E-state index in [0.717, 1.165) is 23.0 Å². The Labute approximate surface area is 190 Å². The molecule has 2 aromatic rings. The monoisotopic (exact) mass is 458 g/mol. The van der Waals surface area contributed by atoms with Crippen molar-refractivity contribution >= 4 is 28.5 Å². The summed E-state index contributed by atoms with van der Waals surface area (Å²) in [6.07, 6.45) is 3.45. The predicted octanol–water partition coefficient (Wildman–Crippen LogP) is -0.633. The van der Waals surface area contributed by atoms with Crippen LogP contribution >= 0.6 is 0 Å². The van der Waals surface area contributed by atoms with E-state index in [1.54, 1.807) is 25.1 Å². The van der Waals surface area contributed by atoms with Gasteiger partial charge in [0.15, 0.2) is 5.65 Å². The summed E-state index contributed by atoms with van der Waals surface area (Å²) < 4.78 is 7.78. The molecule has 0 bridgehead atoms. The zero-order valence-corrected chi connectivity index (χ0v) is 19.3. The van der Waals surface area contributed by atoms with Crippen LogP contribution in [0.5, 0.6) is 0 Å². The van der Waals surface area contributed by atoms with E-state index in [1.165, 1.54) is 4.57 Å². The summed E-state index contributed by atoms with van der Waals surface area (Å²) in [5.41, 5.74) is 0.626. The molecule has 2 aliphatic rings. The highest BCUT2D eigenvalue weighted by Gasteiger charge is 2.25. The van der Waals surface area contributed by atoms with E-state index in [9.17, 15) is 19.2 Å². The highest BCUT2D eigenvalue weighted by Crippen LogP contribution is 2.27. The molecule has 2 aromatic heterocycles. The molecule has 0 aliphatic carbocycles. The van der Waals surface area contributed by atoms with Gasteiger partial charge in [-0.05, 0) is 25.3 Å². The fourth-order valence-corrected chi connectivity index (χ4v) is 4.56. The van der Waals surface area contributed by atoms with Gasteiger partial charge >= 0.3 is 5.69 Å². The quantitative estimate of drug-likeness (QED) is 0.634. The molecule has 0 unspecified atom stereocenters. The van der Waals surface area contributed by atoms with Crippen LogP contribution < -0.4 is 21.5 Å². The first kappa shape index (κ1) is 23.0. The molecule has 4 rings (SSSR count). The summed E-state index contributed by atoms with van der Waals surface area (Å²) in [6.45, 7) is 6.28. The SMILES string of the molecule is CC(=O)N1CCN(c2c(C)cnc3c2c(=O)n(CC(=O)NC[C@H]2CCCO2)c(=O)n3C)CC1. The number of piperazine rings is 1. The van der Waals surface area contributed by atoms with Gasteiger partial charge in [0.1, 0.15) is 11.9 Å². The second-order valence-electron chi connectivity index (χ2n) is 8.65. The van der Waals surface area contributed by atoms with E-state index in [-0.39, 0.29) is 24.2 Å². The molecule has 0 radical (unpaired) electrons. The molecule has 11 nitrogen and oxygen atoms in total. The molecule has 2 saturated heterocycles. The van der Waals surface area contributed by atoms with Crippen molar-refractivity contribution in [2.24, 2.45) is 7.05 Å². The highest BCUT2D eigenvalue weighted by atomic mass is 16.5. The molecule has 0 spiro atoms. The van der Waals surface area contributed by atoms with Crippen molar-refractivity contribution in [3.05, 3.63) is 32.6 Å². The van der Waals surface area contributed by atoms with Crippen LogP contribution in [-0.2, 0) is 27.9 Å². The molecule has 2 amide bonds. The summed E-state index contributed by atoms with van der Waals surface area (Å²) in [4.78, 5) is 58.8. The molecule has 33 heavy (non-hydrogen) atoms. The van der Waals surface area contributed by atoms with Crippen molar-refractivity contribution < 1.29 is 14.3 Å². The second kappa shape index (κ2) is 9.34. The Hall–Kier alpha value is -3.21. The van der Waals surface area contributed by atoms with Gasteiger partial charge in [0.05, 0.1) is 11.8 Å². The minimum absolute atomic E-state index is 0.0183. The lowest BCUT2D eigenvalue weighted by molar-refractivity contribution is -0.129. The highest BCUT2D eigenvalue weighted by molar-refractivity contribution is 5.91. The predicted molar refractivity (Wildman–Crippen MR) is 122 cm³/mol. The lowest BCUT2D eigenvalue weighted by Gasteiger charge is -2.36. The fraction of sp³-hybridized carbons (Fsp3) is 0.591. The number of hydrogen-bond acceptors (Lipinski definition) is 7. The number of fused-ring (bicyclic) bond motifs is 1. The molecule has 2 aliphatic heterocycles. The van der Waals surface area contributed by atoms with Gasteiger partial charge in [0.25, 0.3) is 5.56 Å². The van der Waals surface area contributed by atoms with Crippen molar-refractivity contribution in [3.63, 3.8) is 0 Å². The normalized spacial score (nSPS) is 18.7. The number of carbonyl (C=O) groups is 2. The summed E-state index contributed by atoms with van der Waals surface area (Å²) in [5.74, 6) is -0.397. The van der Waals surface area contributed by atoms with Crippen LogP contribution in [0.4, 0.5) is 5.69 Å². The third-order valence-corrected chi connectivity index (χ3v) is 6.40. The zero-order chi connectivity index (χ0) is 23.7. The maximum absolute atomic E-state index is 13.5. The number of anilines is 1. The number of hydrogen-bond donors (Lipinski definition) is 1. The molecule has 1 atom stereocenters. The van der Waals surface area contributed by atoms with Gasteiger partial charge < -0.3 is 19.9 Å². The van der Waals surface area contributed by atoms with Crippen LogP contribution in [0.3, 0.4) is 0 Å². The van der Waals surface area contributed by atoms with Crippen LogP contribution in [0.25, 0.3) is 11.0 Å². The summed E-state index contributed by atoms with van der Waals surface area (Å²) in [6, 6.07) is 0. The van der Waals surface area contributed by atoms with E-state index in [1.807, 2.05) is 11.8 Å². The maximum atomic E-state index is 13.5. The van der Waals surface area contributed by atoms with Gasteiger partial charge in [0, 0.05) is 59.5 Å². The summed E-state index contributed by atoms with van der Waals surface area (Å²) >= 11 is 0. The third-order valence-electron chi connectivity index (χ3n) is 6.40. The first-order valence-electron chi connectivity index (χ1n) is 11.3. The molecule has 0 aromatic carbocycles. The van der Waals surface area contributed by atoms with Gasteiger partial charge in [-0.15, -0.1) is 0 Å². The van der Waals surface area contributed by atoms with Crippen LogP contribution in [0.15, 0.2) is 15.8 Å². The van der Waals surface area contributed by atoms with Gasteiger partial charge in [-0.25, -0.2) is 9.78 Å². The molecule has 0 saturated carbocycles. The molecule has 2 fully saturated rings. The van der Waals surface area contributed by atoms with Crippen molar-refractivity contribution in [3.8, 4) is 0 Å². The number of pyridine rings is 1. The topological polar surface area (TPSA) is 119 Å². The number of rotatable bonds is 5. The van der Waals surface area contributed by atoms with E-state index >= 15 is 0 Å². The number of aryl methyl sites for hydroxylation is 2. The Morgan fingerprint density at radius 3 is 2.58 bits per heavy atom. The average Bonchev–Trinajstić information content (AvgIpc) is 3.32. The number of carbonyl (C=O) groups excluding carboxylic acids is 2. The molecule has 178 valence electrons. The van der Waals surface area contributed by atoms with E-state index in [4.69, 9.17) is 4.74 Å². The number of ether oxygens (including phenoxy) is 1. The maximum Gasteiger partial charge on any atom is 0.332 e. The minimum atomic E-state index is -0.594. The van der Waals surface area contributed by atoms with Crippen LogP contribution in [0.1, 0.15) is 25.3 Å². The Balaban J connectivity index is 1.68. The number of amides is 2. The fourth-order valence-electron chi connectivity index (χ4n) is 4.56. The Bertz CT molecular complexity index is 1190. The summed E-state index contributed by atoms with van der Waals surface area (Å²) in [5, 5.41) is 3.07. The Kier molecular flexibility index (Phi) is 6.50. The molecular weight excluding hydrogens is 428 g/mol. The molecule has 1 N–H and O–H groups in total. The Morgan fingerprint density at radius 2 is 1.94 bits per heavy atom. The largest absolute Gasteiger partial charge is 0.376 e. The van der Waals surface area contributed by atoms with Gasteiger partial charge in [0.2, 0.25) is 11.8 Å².